The Morgan fingerprint density at radius 2 is 1.54 bits per heavy atom. The number of anilines is 1. The predicted molar refractivity (Wildman–Crippen MR) is 101 cm³/mol. The van der Waals surface area contributed by atoms with Crippen molar-refractivity contribution < 1.29 is 14.7 Å². The van der Waals surface area contributed by atoms with E-state index in [1.54, 1.807) is 12.1 Å². The number of fused-ring (bicyclic) bond motifs is 1. The second-order valence-corrected chi connectivity index (χ2v) is 6.05. The highest BCUT2D eigenvalue weighted by atomic mass is 16.3. The van der Waals surface area contributed by atoms with E-state index in [-0.39, 0.29) is 11.3 Å². The average Bonchev–Trinajstić information content (AvgIpc) is 2.62. The van der Waals surface area contributed by atoms with Crippen molar-refractivity contribution in [2.24, 2.45) is 0 Å². The fourth-order valence-electron chi connectivity index (χ4n) is 2.57. The number of hydrogen-bond donors (Lipinski definition) is 4. The molecule has 0 saturated heterocycles. The van der Waals surface area contributed by atoms with Crippen LogP contribution < -0.4 is 16.2 Å². The van der Waals surface area contributed by atoms with Crippen LogP contribution in [0.4, 0.5) is 10.5 Å². The molecule has 0 aliphatic heterocycles. The number of carbonyl (C=O) groups excluding carboxylic acids is 2. The van der Waals surface area contributed by atoms with E-state index in [1.165, 1.54) is 6.07 Å². The monoisotopic (exact) mass is 349 g/mol. The Labute approximate surface area is 150 Å². The smallest absolute Gasteiger partial charge is 0.337 e. The highest BCUT2D eigenvalue weighted by Crippen LogP contribution is 2.24. The topological polar surface area (TPSA) is 90.5 Å². The molecule has 0 saturated carbocycles. The number of hydrazine groups is 1. The number of phenols is 1. The summed E-state index contributed by atoms with van der Waals surface area (Å²) >= 11 is 0. The summed E-state index contributed by atoms with van der Waals surface area (Å²) in [5, 5.41) is 14.3. The summed E-state index contributed by atoms with van der Waals surface area (Å²) in [7, 11) is 0. The lowest BCUT2D eigenvalue weighted by Gasteiger charge is -2.11. The Kier molecular flexibility index (Phi) is 4.75. The van der Waals surface area contributed by atoms with E-state index >= 15 is 0 Å². The quantitative estimate of drug-likeness (QED) is 0.533. The van der Waals surface area contributed by atoms with Crippen LogP contribution in [0.15, 0.2) is 54.6 Å². The molecule has 0 aliphatic rings. The number of phenolic OH excluding ortho intramolecular Hbond substituents is 1. The number of carbonyl (C=O) groups is 2. The fourth-order valence-corrected chi connectivity index (χ4v) is 2.57. The lowest BCUT2D eigenvalue weighted by atomic mass is 10.1. The van der Waals surface area contributed by atoms with Crippen LogP contribution in [0, 0.1) is 13.8 Å². The third-order valence-corrected chi connectivity index (χ3v) is 4.16. The molecule has 0 heterocycles. The van der Waals surface area contributed by atoms with Gasteiger partial charge in [0, 0.05) is 5.69 Å². The fraction of sp³-hybridized carbons (Fsp3) is 0.100. The summed E-state index contributed by atoms with van der Waals surface area (Å²) in [5.41, 5.74) is 7.44. The Bertz CT molecular complexity index is 999. The van der Waals surface area contributed by atoms with Crippen LogP contribution in [0.2, 0.25) is 0 Å². The maximum Gasteiger partial charge on any atom is 0.337 e. The first-order valence-corrected chi connectivity index (χ1v) is 8.10. The molecule has 6 nitrogen and oxygen atoms in total. The van der Waals surface area contributed by atoms with Crippen LogP contribution >= 0.6 is 0 Å². The zero-order valence-corrected chi connectivity index (χ0v) is 14.5. The molecule has 0 bridgehead atoms. The molecule has 26 heavy (non-hydrogen) atoms. The van der Waals surface area contributed by atoms with Crippen LogP contribution in [-0.4, -0.2) is 17.0 Å². The number of urea groups is 1. The molecule has 0 fully saturated rings. The summed E-state index contributed by atoms with van der Waals surface area (Å²) in [6.45, 7) is 3.93. The number of benzene rings is 3. The number of amides is 3. The van der Waals surface area contributed by atoms with E-state index in [9.17, 15) is 14.7 Å². The lowest BCUT2D eigenvalue weighted by Crippen LogP contribution is -2.43. The van der Waals surface area contributed by atoms with E-state index in [0.29, 0.717) is 5.69 Å². The predicted octanol–water partition coefficient (Wildman–Crippen LogP) is 3.63. The van der Waals surface area contributed by atoms with Gasteiger partial charge in [-0.15, -0.1) is 0 Å². The summed E-state index contributed by atoms with van der Waals surface area (Å²) in [5.74, 6) is -0.763. The number of hydrogen-bond acceptors (Lipinski definition) is 3. The van der Waals surface area contributed by atoms with Crippen molar-refractivity contribution in [3.63, 3.8) is 0 Å². The van der Waals surface area contributed by atoms with Gasteiger partial charge in [0.15, 0.2) is 0 Å². The standard InChI is InChI=1S/C20H19N3O3/c1-12-7-8-16(9-13(12)2)21-20(26)23-22-19(25)17-10-14-5-3-4-6-15(14)11-18(17)24/h3-11,24H,1-2H3,(H,22,25)(H2,21,23,26). The number of nitrogens with one attached hydrogen (secondary N) is 3. The van der Waals surface area contributed by atoms with E-state index in [1.807, 2.05) is 50.2 Å². The number of rotatable bonds is 2. The van der Waals surface area contributed by atoms with Crippen molar-refractivity contribution in [2.75, 3.05) is 5.32 Å². The second kappa shape index (κ2) is 7.14. The molecule has 3 rings (SSSR count). The molecular weight excluding hydrogens is 330 g/mol. The molecule has 4 N–H and O–H groups in total. The maximum atomic E-state index is 12.3. The van der Waals surface area contributed by atoms with Crippen molar-refractivity contribution in [1.29, 1.82) is 0 Å². The Morgan fingerprint density at radius 3 is 2.23 bits per heavy atom. The van der Waals surface area contributed by atoms with Gasteiger partial charge in [-0.25, -0.2) is 10.2 Å². The Morgan fingerprint density at radius 1 is 0.846 bits per heavy atom. The van der Waals surface area contributed by atoms with E-state index < -0.39 is 11.9 Å². The van der Waals surface area contributed by atoms with Crippen LogP contribution in [0.5, 0.6) is 5.75 Å². The van der Waals surface area contributed by atoms with E-state index in [0.717, 1.165) is 21.9 Å². The van der Waals surface area contributed by atoms with Gasteiger partial charge in [-0.3, -0.25) is 10.2 Å². The molecule has 3 amide bonds. The zero-order valence-electron chi connectivity index (χ0n) is 14.5. The highest BCUT2D eigenvalue weighted by molar-refractivity contribution is 6.02. The van der Waals surface area contributed by atoms with Crippen LogP contribution in [-0.2, 0) is 0 Å². The molecule has 0 aliphatic carbocycles. The van der Waals surface area contributed by atoms with Crippen LogP contribution in [0.25, 0.3) is 10.8 Å². The van der Waals surface area contributed by atoms with Crippen molar-refractivity contribution >= 4 is 28.4 Å². The SMILES string of the molecule is Cc1ccc(NC(=O)NNC(=O)c2cc3ccccc3cc2O)cc1C. The number of aromatic hydroxyl groups is 1. The first-order chi connectivity index (χ1) is 12.4. The molecule has 3 aromatic rings. The lowest BCUT2D eigenvalue weighted by molar-refractivity contribution is 0.0935. The van der Waals surface area contributed by atoms with Crippen molar-refractivity contribution in [2.45, 2.75) is 13.8 Å². The molecule has 6 heteroatoms. The van der Waals surface area contributed by atoms with Crippen LogP contribution in [0.1, 0.15) is 21.5 Å². The molecule has 0 atom stereocenters. The first kappa shape index (κ1) is 17.3. The van der Waals surface area contributed by atoms with Crippen LogP contribution in [0.3, 0.4) is 0 Å². The Balaban J connectivity index is 1.65. The van der Waals surface area contributed by atoms with Gasteiger partial charge in [-0.05, 0) is 60.0 Å². The summed E-state index contributed by atoms with van der Waals surface area (Å²) in [6.07, 6.45) is 0. The van der Waals surface area contributed by atoms with Gasteiger partial charge in [0.05, 0.1) is 5.56 Å². The summed E-state index contributed by atoms with van der Waals surface area (Å²) in [4.78, 5) is 24.2. The van der Waals surface area contributed by atoms with Crippen molar-refractivity contribution in [3.05, 3.63) is 71.3 Å². The van der Waals surface area contributed by atoms with Gasteiger partial charge >= 0.3 is 6.03 Å². The molecule has 3 aromatic carbocycles. The largest absolute Gasteiger partial charge is 0.507 e. The van der Waals surface area contributed by atoms with E-state index in [2.05, 4.69) is 16.2 Å². The van der Waals surface area contributed by atoms with Gasteiger partial charge in [-0.1, -0.05) is 30.3 Å². The van der Waals surface area contributed by atoms with Gasteiger partial charge in [-0.2, -0.15) is 0 Å². The minimum absolute atomic E-state index is 0.0789. The summed E-state index contributed by atoms with van der Waals surface area (Å²) in [6, 6.07) is 15.4. The normalized spacial score (nSPS) is 10.4. The molecule has 0 spiro atoms. The third kappa shape index (κ3) is 3.75. The summed E-state index contributed by atoms with van der Waals surface area (Å²) < 4.78 is 0. The molecule has 0 unspecified atom stereocenters. The number of aryl methyl sites for hydroxylation is 2. The molecule has 0 radical (unpaired) electrons. The second-order valence-electron chi connectivity index (χ2n) is 6.05. The molecular formula is C20H19N3O3. The van der Waals surface area contributed by atoms with Gasteiger partial charge in [0.25, 0.3) is 5.91 Å². The van der Waals surface area contributed by atoms with Crippen molar-refractivity contribution in [3.8, 4) is 5.75 Å². The van der Waals surface area contributed by atoms with Gasteiger partial charge in [0.1, 0.15) is 5.75 Å². The van der Waals surface area contributed by atoms with E-state index in [4.69, 9.17) is 0 Å². The highest BCUT2D eigenvalue weighted by Gasteiger charge is 2.13. The third-order valence-electron chi connectivity index (χ3n) is 4.16. The first-order valence-electron chi connectivity index (χ1n) is 8.10. The molecule has 0 aromatic heterocycles. The average molecular weight is 349 g/mol. The van der Waals surface area contributed by atoms with Gasteiger partial charge in [0.2, 0.25) is 0 Å². The Hall–Kier alpha value is -3.54. The van der Waals surface area contributed by atoms with Crippen molar-refractivity contribution in [1.82, 2.24) is 10.9 Å². The molecule has 132 valence electrons. The maximum absolute atomic E-state index is 12.3. The van der Waals surface area contributed by atoms with Gasteiger partial charge < -0.3 is 10.4 Å². The minimum Gasteiger partial charge on any atom is -0.507 e. The zero-order chi connectivity index (χ0) is 18.7. The minimum atomic E-state index is -0.608.